The summed E-state index contributed by atoms with van der Waals surface area (Å²) in [4.78, 5) is 37.0. The molecule has 1 fully saturated rings. The number of hydrogen-bond acceptors (Lipinski definition) is 8. The molecule has 33 heavy (non-hydrogen) atoms. The van der Waals surface area contributed by atoms with Crippen LogP contribution >= 0.6 is 24.0 Å². The molecule has 9 nitrogen and oxygen atoms in total. The van der Waals surface area contributed by atoms with Crippen molar-refractivity contribution in [2.75, 3.05) is 27.3 Å². The highest BCUT2D eigenvalue weighted by Crippen LogP contribution is 2.39. The van der Waals surface area contributed by atoms with Crippen LogP contribution in [0.3, 0.4) is 0 Å². The number of aromatic hydroxyl groups is 1. The molecule has 0 bridgehead atoms. The number of phenolic OH excluding ortho intramolecular Hbond substituents is 1. The fourth-order valence-corrected chi connectivity index (χ4v) is 4.44. The van der Waals surface area contributed by atoms with Crippen molar-refractivity contribution in [3.05, 3.63) is 22.6 Å². The van der Waals surface area contributed by atoms with Gasteiger partial charge in [-0.2, -0.15) is 0 Å². The molecular weight excluding hydrogens is 468 g/mol. The third-order valence-electron chi connectivity index (χ3n) is 4.85. The number of hydrogen-bond donors (Lipinski definition) is 3. The van der Waals surface area contributed by atoms with Gasteiger partial charge >= 0.3 is 5.97 Å². The van der Waals surface area contributed by atoms with Crippen LogP contribution in [0.4, 0.5) is 0 Å². The molecule has 0 spiro atoms. The Morgan fingerprint density at radius 1 is 1.12 bits per heavy atom. The molecule has 0 saturated carbocycles. The van der Waals surface area contributed by atoms with Gasteiger partial charge in [0.15, 0.2) is 11.5 Å². The SMILES string of the molecule is COc1cc(/C=C2\SC(=S)N(CCCCCC(=O)NCCCC(=O)O)C2=O)cc(OC)c1O. The van der Waals surface area contributed by atoms with E-state index in [1.54, 1.807) is 23.1 Å². The lowest BCUT2D eigenvalue weighted by Gasteiger charge is -2.14. The number of rotatable bonds is 13. The lowest BCUT2D eigenvalue weighted by atomic mass is 10.1. The van der Waals surface area contributed by atoms with Gasteiger partial charge in [0.25, 0.3) is 5.91 Å². The zero-order chi connectivity index (χ0) is 24.4. The number of thioether (sulfide) groups is 1. The number of carbonyl (C=O) groups excluding carboxylic acids is 2. The Morgan fingerprint density at radius 2 is 1.79 bits per heavy atom. The van der Waals surface area contributed by atoms with Crippen LogP contribution in [0.2, 0.25) is 0 Å². The number of nitrogens with one attached hydrogen (secondary N) is 1. The highest BCUT2D eigenvalue weighted by molar-refractivity contribution is 8.26. The first kappa shape index (κ1) is 26.5. The summed E-state index contributed by atoms with van der Waals surface area (Å²) in [5, 5.41) is 21.3. The zero-order valence-electron chi connectivity index (χ0n) is 18.6. The predicted molar refractivity (Wildman–Crippen MR) is 129 cm³/mol. The van der Waals surface area contributed by atoms with Crippen LogP contribution in [0.1, 0.15) is 44.1 Å². The molecule has 1 aliphatic rings. The highest BCUT2D eigenvalue weighted by atomic mass is 32.2. The monoisotopic (exact) mass is 496 g/mol. The van der Waals surface area contributed by atoms with Gasteiger partial charge in [-0.15, -0.1) is 0 Å². The number of unbranched alkanes of at least 4 members (excludes halogenated alkanes) is 2. The molecule has 1 aliphatic heterocycles. The number of thiocarbonyl (C=S) groups is 1. The summed E-state index contributed by atoms with van der Waals surface area (Å²) in [7, 11) is 2.86. The first-order chi connectivity index (χ1) is 15.8. The van der Waals surface area contributed by atoms with Crippen molar-refractivity contribution >= 4 is 52.2 Å². The van der Waals surface area contributed by atoms with E-state index in [-0.39, 0.29) is 35.5 Å². The fourth-order valence-electron chi connectivity index (χ4n) is 3.13. The van der Waals surface area contributed by atoms with Crippen molar-refractivity contribution in [2.24, 2.45) is 0 Å². The molecule has 0 aromatic heterocycles. The number of phenols is 1. The van der Waals surface area contributed by atoms with Crippen molar-refractivity contribution in [1.29, 1.82) is 0 Å². The third kappa shape index (κ3) is 7.93. The van der Waals surface area contributed by atoms with E-state index in [9.17, 15) is 19.5 Å². The topological polar surface area (TPSA) is 125 Å². The molecule has 3 N–H and O–H groups in total. The van der Waals surface area contributed by atoms with E-state index in [4.69, 9.17) is 26.8 Å². The van der Waals surface area contributed by atoms with Crippen LogP contribution < -0.4 is 14.8 Å². The van der Waals surface area contributed by atoms with Gasteiger partial charge in [-0.3, -0.25) is 19.3 Å². The molecular formula is C22H28N2O7S2. The van der Waals surface area contributed by atoms with Crippen molar-refractivity contribution in [3.63, 3.8) is 0 Å². The van der Waals surface area contributed by atoms with E-state index in [0.717, 1.165) is 6.42 Å². The maximum absolute atomic E-state index is 12.8. The maximum Gasteiger partial charge on any atom is 0.303 e. The second kappa shape index (κ2) is 13.0. The van der Waals surface area contributed by atoms with Crippen molar-refractivity contribution in [1.82, 2.24) is 10.2 Å². The predicted octanol–water partition coefficient (Wildman–Crippen LogP) is 3.15. The number of nitrogens with zero attached hydrogens (tertiary/aromatic N) is 1. The molecule has 1 heterocycles. The first-order valence-electron chi connectivity index (χ1n) is 10.5. The van der Waals surface area contributed by atoms with Gasteiger partial charge in [0.2, 0.25) is 11.7 Å². The molecule has 0 atom stereocenters. The van der Waals surface area contributed by atoms with E-state index in [1.807, 2.05) is 0 Å². The van der Waals surface area contributed by atoms with Gasteiger partial charge in [-0.05, 0) is 43.0 Å². The Balaban J connectivity index is 1.82. The second-order valence-corrected chi connectivity index (χ2v) is 8.94. The molecule has 1 saturated heterocycles. The molecule has 1 aromatic rings. The minimum atomic E-state index is -0.877. The quantitative estimate of drug-likeness (QED) is 0.214. The van der Waals surface area contributed by atoms with Crippen molar-refractivity contribution in [2.45, 2.75) is 38.5 Å². The van der Waals surface area contributed by atoms with E-state index >= 15 is 0 Å². The Labute approximate surface area is 202 Å². The van der Waals surface area contributed by atoms with Crippen LogP contribution in [0.25, 0.3) is 6.08 Å². The molecule has 0 radical (unpaired) electrons. The highest BCUT2D eigenvalue weighted by Gasteiger charge is 2.31. The summed E-state index contributed by atoms with van der Waals surface area (Å²) >= 11 is 6.57. The summed E-state index contributed by atoms with van der Waals surface area (Å²) in [6.45, 7) is 0.817. The number of carbonyl (C=O) groups is 3. The average Bonchev–Trinajstić information content (AvgIpc) is 3.04. The lowest BCUT2D eigenvalue weighted by Crippen LogP contribution is -2.29. The van der Waals surface area contributed by atoms with Gasteiger partial charge in [0.1, 0.15) is 4.32 Å². The smallest absolute Gasteiger partial charge is 0.303 e. The van der Waals surface area contributed by atoms with Crippen LogP contribution in [0, 0.1) is 0 Å². The summed E-state index contributed by atoms with van der Waals surface area (Å²) in [5.41, 5.74) is 0.636. The Morgan fingerprint density at radius 3 is 2.39 bits per heavy atom. The van der Waals surface area contributed by atoms with Gasteiger partial charge in [0, 0.05) is 25.9 Å². The number of amides is 2. The molecule has 11 heteroatoms. The minimum absolute atomic E-state index is 0.0341. The molecule has 180 valence electrons. The zero-order valence-corrected chi connectivity index (χ0v) is 20.2. The number of aliphatic carboxylic acids is 1. The summed E-state index contributed by atoms with van der Waals surface area (Å²) in [6.07, 6.45) is 4.61. The number of benzene rings is 1. The minimum Gasteiger partial charge on any atom is -0.502 e. The number of ether oxygens (including phenoxy) is 2. The Hall–Kier alpha value is -2.79. The van der Waals surface area contributed by atoms with E-state index in [2.05, 4.69) is 5.32 Å². The molecule has 2 rings (SSSR count). The molecule has 2 amide bonds. The summed E-state index contributed by atoms with van der Waals surface area (Å²) < 4.78 is 10.8. The van der Waals surface area contributed by atoms with Crippen LogP contribution in [0.15, 0.2) is 17.0 Å². The Kier molecular flexibility index (Phi) is 10.5. The molecule has 0 aliphatic carbocycles. The number of methoxy groups -OCH3 is 2. The summed E-state index contributed by atoms with van der Waals surface area (Å²) in [5.74, 6) is -0.805. The standard InChI is InChI=1S/C22H28N2O7S2/c1-30-15-11-14(12-16(31-2)20(15)28)13-17-21(29)24(22(32)33-17)10-5-3-4-7-18(25)23-9-6-8-19(26)27/h11-13,28H,3-10H2,1-2H3,(H,23,25)(H,26,27)/b17-13-. The number of carboxylic acids is 1. The molecule has 1 aromatic carbocycles. The largest absolute Gasteiger partial charge is 0.502 e. The van der Waals surface area contributed by atoms with Crippen LogP contribution in [0.5, 0.6) is 17.2 Å². The van der Waals surface area contributed by atoms with Crippen LogP contribution in [-0.4, -0.2) is 64.5 Å². The average molecular weight is 497 g/mol. The normalized spacial score (nSPS) is 14.6. The summed E-state index contributed by atoms with van der Waals surface area (Å²) in [6, 6.07) is 3.22. The lowest BCUT2D eigenvalue weighted by molar-refractivity contribution is -0.137. The first-order valence-corrected chi connectivity index (χ1v) is 11.7. The van der Waals surface area contributed by atoms with Gasteiger partial charge < -0.3 is 25.0 Å². The fraction of sp³-hybridized carbons (Fsp3) is 0.455. The molecule has 0 unspecified atom stereocenters. The second-order valence-electron chi connectivity index (χ2n) is 7.27. The van der Waals surface area contributed by atoms with Gasteiger partial charge in [-0.1, -0.05) is 30.4 Å². The van der Waals surface area contributed by atoms with Gasteiger partial charge in [0.05, 0.1) is 19.1 Å². The van der Waals surface area contributed by atoms with E-state index in [1.165, 1.54) is 26.0 Å². The van der Waals surface area contributed by atoms with Gasteiger partial charge in [-0.25, -0.2) is 0 Å². The van der Waals surface area contributed by atoms with Crippen molar-refractivity contribution in [3.8, 4) is 17.2 Å². The Bertz CT molecular complexity index is 908. The van der Waals surface area contributed by atoms with Crippen molar-refractivity contribution < 1.29 is 34.1 Å². The number of carboxylic acid groups (broad SMARTS) is 1. The van der Waals surface area contributed by atoms with E-state index in [0.29, 0.717) is 53.6 Å². The van der Waals surface area contributed by atoms with E-state index < -0.39 is 5.97 Å². The van der Waals surface area contributed by atoms with Crippen LogP contribution in [-0.2, 0) is 14.4 Å². The maximum atomic E-state index is 12.8. The third-order valence-corrected chi connectivity index (χ3v) is 6.23.